The molecule has 5 heteroatoms. The highest BCUT2D eigenvalue weighted by Gasteiger charge is 2.53. The van der Waals surface area contributed by atoms with Crippen LogP contribution in [0, 0.1) is 33.0 Å². The molecule has 2 fully saturated rings. The van der Waals surface area contributed by atoms with E-state index >= 15 is 0 Å². The van der Waals surface area contributed by atoms with Gasteiger partial charge in [-0.2, -0.15) is 0 Å². The maximum absolute atomic E-state index is 13.2. The Morgan fingerprint density at radius 2 is 1.41 bits per heavy atom. The highest BCUT2D eigenvalue weighted by molar-refractivity contribution is 5.81. The molecule has 0 aromatic rings. The van der Waals surface area contributed by atoms with Crippen LogP contribution in [0.25, 0.3) is 0 Å². The Morgan fingerprint density at radius 1 is 0.882 bits per heavy atom. The topological polar surface area (TPSA) is 61.8 Å². The molecule has 0 spiro atoms. The van der Waals surface area contributed by atoms with E-state index in [4.69, 9.17) is 14.2 Å². The average Bonchev–Trinajstić information content (AvgIpc) is 3.30. The molecule has 34 heavy (non-hydrogen) atoms. The Morgan fingerprint density at radius 3 is 1.79 bits per heavy atom. The summed E-state index contributed by atoms with van der Waals surface area (Å²) in [5.74, 6) is -0.143. The van der Waals surface area contributed by atoms with Crippen LogP contribution in [-0.4, -0.2) is 31.4 Å². The van der Waals surface area contributed by atoms with E-state index in [-0.39, 0.29) is 34.2 Å². The molecular weight excluding hydrogens is 428 g/mol. The van der Waals surface area contributed by atoms with Crippen molar-refractivity contribution in [3.63, 3.8) is 0 Å². The van der Waals surface area contributed by atoms with Gasteiger partial charge in [-0.15, -0.1) is 0 Å². The van der Waals surface area contributed by atoms with E-state index in [1.165, 1.54) is 12.8 Å². The summed E-state index contributed by atoms with van der Waals surface area (Å²) in [6.45, 7) is 24.9. The predicted octanol–water partition coefficient (Wildman–Crippen LogP) is 7.56. The second kappa shape index (κ2) is 11.3. The molecule has 0 aromatic carbocycles. The minimum Gasteiger partial charge on any atom is -0.453 e. The van der Waals surface area contributed by atoms with Gasteiger partial charge in [0, 0.05) is 5.41 Å². The fraction of sp³-hybridized carbons (Fsp3) is 0.931. The normalized spacial score (nSPS) is 25.1. The minimum absolute atomic E-state index is 0.0220. The molecule has 0 aromatic heterocycles. The molecule has 0 N–H and O–H groups in total. The number of esters is 2. The molecule has 2 unspecified atom stereocenters. The number of carbonyl (C=O) groups is 2. The lowest BCUT2D eigenvalue weighted by Crippen LogP contribution is -2.45. The van der Waals surface area contributed by atoms with Crippen LogP contribution in [0.2, 0.25) is 0 Å². The highest BCUT2D eigenvalue weighted by atomic mass is 16.7. The molecular formula is C29H54O5. The quantitative estimate of drug-likeness (QED) is 0.264. The number of fused-ring (bicyclic) bond motifs is 2. The number of ether oxygens (including phenoxy) is 3. The van der Waals surface area contributed by atoms with Crippen LogP contribution >= 0.6 is 0 Å². The fourth-order valence-corrected chi connectivity index (χ4v) is 5.37. The third-order valence-corrected chi connectivity index (χ3v) is 7.51. The van der Waals surface area contributed by atoms with Crippen molar-refractivity contribution in [1.82, 2.24) is 0 Å². The van der Waals surface area contributed by atoms with Gasteiger partial charge < -0.3 is 14.2 Å². The number of hydrogen-bond acceptors (Lipinski definition) is 5. The summed E-state index contributed by atoms with van der Waals surface area (Å²) in [4.78, 5) is 26.0. The van der Waals surface area contributed by atoms with Crippen LogP contribution in [0.3, 0.4) is 0 Å². The fourth-order valence-electron chi connectivity index (χ4n) is 5.37. The molecule has 0 radical (unpaired) electrons. The molecule has 2 bridgehead atoms. The van der Waals surface area contributed by atoms with Crippen molar-refractivity contribution in [2.45, 2.75) is 128 Å². The van der Waals surface area contributed by atoms with Crippen molar-refractivity contribution in [2.24, 2.45) is 33.0 Å². The molecule has 0 aliphatic heterocycles. The van der Waals surface area contributed by atoms with Crippen LogP contribution in [0.4, 0.5) is 0 Å². The van der Waals surface area contributed by atoms with Gasteiger partial charge in [0.2, 0.25) is 6.29 Å². The zero-order valence-electron chi connectivity index (χ0n) is 24.4. The SMILES string of the molecule is CC.CC(C)(C)COC(OC(=O)COC(=O)C(C)(CC(C)(C)C)C(C)(C)C)C12CCC(CC1)C2. The Hall–Kier alpha value is -1.10. The van der Waals surface area contributed by atoms with Gasteiger partial charge in [-0.05, 0) is 67.6 Å². The van der Waals surface area contributed by atoms with E-state index in [1.807, 2.05) is 41.5 Å². The lowest BCUT2D eigenvalue weighted by Gasteiger charge is -2.43. The molecule has 0 amide bonds. The van der Waals surface area contributed by atoms with Gasteiger partial charge in [0.05, 0.1) is 12.0 Å². The van der Waals surface area contributed by atoms with Gasteiger partial charge in [-0.1, -0.05) is 76.2 Å². The third kappa shape index (κ3) is 8.24. The third-order valence-electron chi connectivity index (χ3n) is 7.51. The minimum atomic E-state index is -0.712. The molecule has 5 nitrogen and oxygen atoms in total. The van der Waals surface area contributed by atoms with Crippen molar-refractivity contribution >= 4 is 11.9 Å². The summed E-state index contributed by atoms with van der Waals surface area (Å²) >= 11 is 0. The average molecular weight is 483 g/mol. The van der Waals surface area contributed by atoms with Crippen molar-refractivity contribution in [2.75, 3.05) is 13.2 Å². The van der Waals surface area contributed by atoms with Crippen LogP contribution in [-0.2, 0) is 23.8 Å². The van der Waals surface area contributed by atoms with E-state index in [9.17, 15) is 9.59 Å². The maximum Gasteiger partial charge on any atom is 0.346 e. The van der Waals surface area contributed by atoms with Crippen LogP contribution < -0.4 is 0 Å². The van der Waals surface area contributed by atoms with E-state index in [1.54, 1.807) is 0 Å². The summed E-state index contributed by atoms with van der Waals surface area (Å²) in [5, 5.41) is 0. The summed E-state index contributed by atoms with van der Waals surface area (Å²) in [6, 6.07) is 0. The largest absolute Gasteiger partial charge is 0.453 e. The Labute approximate surface area is 210 Å². The van der Waals surface area contributed by atoms with Gasteiger partial charge in [0.15, 0.2) is 6.61 Å². The smallest absolute Gasteiger partial charge is 0.346 e. The first-order valence-electron chi connectivity index (χ1n) is 13.4. The molecule has 2 saturated carbocycles. The molecule has 2 atom stereocenters. The van der Waals surface area contributed by atoms with Crippen LogP contribution in [0.1, 0.15) is 122 Å². The first kappa shape index (κ1) is 30.9. The van der Waals surface area contributed by atoms with Crippen molar-refractivity contribution < 1.29 is 23.8 Å². The van der Waals surface area contributed by atoms with Crippen LogP contribution in [0.5, 0.6) is 0 Å². The van der Waals surface area contributed by atoms with Crippen molar-refractivity contribution in [1.29, 1.82) is 0 Å². The maximum atomic E-state index is 13.2. The monoisotopic (exact) mass is 482 g/mol. The zero-order chi connectivity index (χ0) is 26.6. The molecule has 200 valence electrons. The Kier molecular flexibility index (Phi) is 10.3. The Balaban J connectivity index is 0.00000281. The summed E-state index contributed by atoms with van der Waals surface area (Å²) in [5.41, 5.74) is -1.17. The molecule has 0 heterocycles. The molecule has 2 aliphatic carbocycles. The van der Waals surface area contributed by atoms with Gasteiger partial charge in [-0.3, -0.25) is 4.79 Å². The Bertz CT molecular complexity index is 668. The van der Waals surface area contributed by atoms with E-state index in [0.717, 1.165) is 25.2 Å². The second-order valence-corrected chi connectivity index (χ2v) is 14.1. The predicted molar refractivity (Wildman–Crippen MR) is 138 cm³/mol. The van der Waals surface area contributed by atoms with E-state index in [0.29, 0.717) is 13.0 Å². The zero-order valence-corrected chi connectivity index (χ0v) is 24.4. The number of hydrogen-bond donors (Lipinski definition) is 0. The molecule has 0 saturated heterocycles. The number of carbonyl (C=O) groups excluding carboxylic acids is 2. The van der Waals surface area contributed by atoms with Gasteiger partial charge >= 0.3 is 11.9 Å². The summed E-state index contributed by atoms with van der Waals surface area (Å²) in [7, 11) is 0. The van der Waals surface area contributed by atoms with Gasteiger partial charge in [0.25, 0.3) is 0 Å². The lowest BCUT2D eigenvalue weighted by atomic mass is 9.61. The van der Waals surface area contributed by atoms with E-state index in [2.05, 4.69) is 41.5 Å². The second-order valence-electron chi connectivity index (χ2n) is 14.1. The lowest BCUT2D eigenvalue weighted by molar-refractivity contribution is -0.221. The number of rotatable bonds is 8. The molecule has 2 rings (SSSR count). The van der Waals surface area contributed by atoms with Crippen molar-refractivity contribution in [3.8, 4) is 0 Å². The van der Waals surface area contributed by atoms with E-state index < -0.39 is 17.7 Å². The highest BCUT2D eigenvalue weighted by Crippen LogP contribution is 2.57. The summed E-state index contributed by atoms with van der Waals surface area (Å²) in [6.07, 6.45) is 5.59. The van der Waals surface area contributed by atoms with Gasteiger partial charge in [0.1, 0.15) is 0 Å². The van der Waals surface area contributed by atoms with Crippen LogP contribution in [0.15, 0.2) is 0 Å². The summed E-state index contributed by atoms with van der Waals surface area (Å²) < 4.78 is 17.6. The first-order chi connectivity index (χ1) is 15.4. The standard InChI is InChI=1S/C27H48O5.C2H6/c1-23(2,3)17-26(10,25(7,8)9)21(29)30-16-20(28)32-22(31-18-24(4,5)6)27-13-11-19(15-27)12-14-27;1-2/h19,22H,11-18H2,1-10H3;1-2H3. The van der Waals surface area contributed by atoms with Gasteiger partial charge in [-0.25, -0.2) is 4.79 Å². The first-order valence-corrected chi connectivity index (χ1v) is 13.4. The molecule has 2 aliphatic rings. The van der Waals surface area contributed by atoms with Crippen molar-refractivity contribution in [3.05, 3.63) is 0 Å².